The van der Waals surface area contributed by atoms with Gasteiger partial charge in [0.25, 0.3) is 0 Å². The summed E-state index contributed by atoms with van der Waals surface area (Å²) in [4.78, 5) is 2.58. The van der Waals surface area contributed by atoms with Crippen LogP contribution in [-0.4, -0.2) is 0 Å². The molecule has 0 aliphatic heterocycles. The van der Waals surface area contributed by atoms with Gasteiger partial charge in [-0.05, 0) is 73.0 Å². The topological polar surface area (TPSA) is 26.3 Å². The molecule has 0 unspecified atom stereocenters. The summed E-state index contributed by atoms with van der Waals surface area (Å²) in [6.07, 6.45) is 8.43. The Morgan fingerprint density at radius 1 is 0.750 bits per heavy atom. The molecule has 0 aliphatic rings. The third-order valence-electron chi connectivity index (χ3n) is 4.17. The van der Waals surface area contributed by atoms with Crippen LogP contribution in [0.5, 0.6) is 0 Å². The Kier molecular flexibility index (Phi) is 7.42. The Morgan fingerprint density at radius 3 is 1.46 bits per heavy atom. The molecule has 0 fully saturated rings. The molecule has 2 aromatic heterocycles. The van der Waals surface area contributed by atoms with E-state index in [4.69, 9.17) is 8.83 Å². The van der Waals surface area contributed by atoms with Crippen LogP contribution in [0.15, 0.2) is 31.2 Å². The molecule has 2 rings (SSSR count). The summed E-state index contributed by atoms with van der Waals surface area (Å²) in [7, 11) is 3.63. The van der Waals surface area contributed by atoms with Crippen LogP contribution in [0.2, 0.25) is 0 Å². The van der Waals surface area contributed by atoms with E-state index < -0.39 is 0 Å². The summed E-state index contributed by atoms with van der Waals surface area (Å²) in [6.45, 7) is 13.2. The van der Waals surface area contributed by atoms with Gasteiger partial charge < -0.3 is 8.83 Å². The van der Waals surface area contributed by atoms with Crippen LogP contribution in [-0.2, 0) is 12.8 Å². The van der Waals surface area contributed by atoms with Crippen molar-refractivity contribution in [1.82, 2.24) is 0 Å². The maximum atomic E-state index is 5.68. The molecule has 0 radical (unpaired) electrons. The van der Waals surface area contributed by atoms with Crippen molar-refractivity contribution in [3.63, 3.8) is 0 Å². The second-order valence-electron chi connectivity index (χ2n) is 7.32. The summed E-state index contributed by atoms with van der Waals surface area (Å²) in [5, 5.41) is 0. The molecule has 4 heteroatoms. The lowest BCUT2D eigenvalue weighted by Crippen LogP contribution is -1.92. The first-order valence-electron chi connectivity index (χ1n) is 8.86. The minimum Gasteiger partial charge on any atom is -0.468 e. The maximum absolute atomic E-state index is 5.68. The van der Waals surface area contributed by atoms with Gasteiger partial charge in [-0.1, -0.05) is 27.7 Å². The van der Waals surface area contributed by atoms with E-state index in [2.05, 4.69) is 41.5 Å². The van der Waals surface area contributed by atoms with Crippen molar-refractivity contribution in [2.24, 2.45) is 11.8 Å². The molecule has 2 heterocycles. The quantitative estimate of drug-likeness (QED) is 0.430. The summed E-state index contributed by atoms with van der Waals surface area (Å²) < 4.78 is 11.4. The fourth-order valence-corrected chi connectivity index (χ4v) is 5.38. The summed E-state index contributed by atoms with van der Waals surface area (Å²) >= 11 is 0. The average Bonchev–Trinajstić information content (AvgIpc) is 3.04. The van der Waals surface area contributed by atoms with Crippen LogP contribution in [0, 0.1) is 25.7 Å². The number of hydrogen-bond acceptors (Lipinski definition) is 4. The molecule has 2 nitrogen and oxygen atoms in total. The highest BCUT2D eigenvalue weighted by atomic mass is 33.1. The Hall–Kier alpha value is -0.740. The van der Waals surface area contributed by atoms with Crippen LogP contribution < -0.4 is 0 Å². The largest absolute Gasteiger partial charge is 0.468 e. The van der Waals surface area contributed by atoms with Gasteiger partial charge in [-0.15, -0.1) is 0 Å². The zero-order valence-corrected chi connectivity index (χ0v) is 17.4. The smallest absolute Gasteiger partial charge is 0.115 e. The Bertz CT molecular complexity index is 582. The van der Waals surface area contributed by atoms with Crippen LogP contribution in [0.3, 0.4) is 0 Å². The molecule has 2 aromatic rings. The lowest BCUT2D eigenvalue weighted by molar-refractivity contribution is 0.522. The number of rotatable bonds is 9. The van der Waals surface area contributed by atoms with Gasteiger partial charge >= 0.3 is 0 Å². The predicted molar refractivity (Wildman–Crippen MR) is 105 cm³/mol. The third-order valence-corrected chi connectivity index (χ3v) is 6.94. The normalized spacial score (nSPS) is 11.8. The van der Waals surface area contributed by atoms with E-state index in [0.717, 1.165) is 24.4 Å². The van der Waals surface area contributed by atoms with Gasteiger partial charge in [-0.2, -0.15) is 0 Å². The molecule has 0 bridgehead atoms. The predicted octanol–water partition coefficient (Wildman–Crippen LogP) is 7.47. The Labute approximate surface area is 154 Å². The van der Waals surface area contributed by atoms with Crippen molar-refractivity contribution in [1.29, 1.82) is 0 Å². The number of hydrogen-bond donors (Lipinski definition) is 0. The van der Waals surface area contributed by atoms with Gasteiger partial charge in [0.1, 0.15) is 11.5 Å². The third kappa shape index (κ3) is 5.38. The first-order valence-corrected chi connectivity index (χ1v) is 11.0. The molecular formula is C20H30O2S2. The lowest BCUT2D eigenvalue weighted by atomic mass is 10.0. The van der Waals surface area contributed by atoms with Gasteiger partial charge in [0.05, 0.1) is 22.3 Å². The lowest BCUT2D eigenvalue weighted by Gasteiger charge is -2.07. The monoisotopic (exact) mass is 366 g/mol. The molecule has 0 amide bonds. The zero-order chi connectivity index (χ0) is 17.7. The minimum atomic E-state index is 0.712. The van der Waals surface area contributed by atoms with Gasteiger partial charge in [0, 0.05) is 11.1 Å². The molecule has 0 N–H and O–H groups in total. The summed E-state index contributed by atoms with van der Waals surface area (Å²) in [6, 6.07) is 0. The van der Waals surface area contributed by atoms with E-state index in [1.165, 1.54) is 33.8 Å². The van der Waals surface area contributed by atoms with E-state index in [1.54, 1.807) is 0 Å². The first kappa shape index (κ1) is 19.6. The van der Waals surface area contributed by atoms with Crippen LogP contribution in [0.4, 0.5) is 0 Å². The molecule has 0 atom stereocenters. The second-order valence-corrected chi connectivity index (χ2v) is 9.47. The average molecular weight is 367 g/mol. The van der Waals surface area contributed by atoms with Crippen molar-refractivity contribution in [3.05, 3.63) is 35.2 Å². The molecule has 0 saturated carbocycles. The summed E-state index contributed by atoms with van der Waals surface area (Å²) in [5.41, 5.74) is 2.67. The van der Waals surface area contributed by atoms with E-state index in [9.17, 15) is 0 Å². The van der Waals surface area contributed by atoms with Crippen molar-refractivity contribution in [2.45, 2.75) is 77.0 Å². The molecule has 0 aliphatic carbocycles. The minimum absolute atomic E-state index is 0.712. The highest BCUT2D eigenvalue weighted by Gasteiger charge is 2.17. The number of furan rings is 2. The second kappa shape index (κ2) is 9.10. The summed E-state index contributed by atoms with van der Waals surface area (Å²) in [5.74, 6) is 3.47. The zero-order valence-electron chi connectivity index (χ0n) is 15.8. The molecule has 0 spiro atoms. The molecule has 0 aromatic carbocycles. The van der Waals surface area contributed by atoms with E-state index in [-0.39, 0.29) is 0 Å². The Balaban J connectivity index is 2.06. The van der Waals surface area contributed by atoms with Crippen LogP contribution in [0.1, 0.15) is 63.2 Å². The fraction of sp³-hybridized carbons (Fsp3) is 0.600. The molecule has 24 heavy (non-hydrogen) atoms. The Morgan fingerprint density at radius 2 is 1.12 bits per heavy atom. The highest BCUT2D eigenvalue weighted by molar-refractivity contribution is 8.76. The SMILES string of the molecule is Cc1occ(CCC(C)C)c1SSc1c(CCC(C)C)coc1C. The standard InChI is InChI=1S/C20H30O2S2/c1-13(2)7-9-17-11-21-15(5)19(17)23-24-20-16(6)22-12-18(20)10-8-14(3)4/h11-14H,7-10H2,1-6H3. The van der Waals surface area contributed by atoms with Crippen LogP contribution in [0.25, 0.3) is 0 Å². The molecule has 0 saturated heterocycles. The van der Waals surface area contributed by atoms with Gasteiger partial charge in [-0.25, -0.2) is 0 Å². The van der Waals surface area contributed by atoms with Crippen molar-refractivity contribution >= 4 is 21.6 Å². The molecule has 134 valence electrons. The van der Waals surface area contributed by atoms with Gasteiger partial charge in [-0.3, -0.25) is 0 Å². The van der Waals surface area contributed by atoms with Crippen molar-refractivity contribution in [3.8, 4) is 0 Å². The van der Waals surface area contributed by atoms with Crippen LogP contribution >= 0.6 is 21.6 Å². The van der Waals surface area contributed by atoms with E-state index >= 15 is 0 Å². The maximum Gasteiger partial charge on any atom is 0.115 e. The van der Waals surface area contributed by atoms with Crippen molar-refractivity contribution in [2.75, 3.05) is 0 Å². The first-order chi connectivity index (χ1) is 11.4. The number of aryl methyl sites for hydroxylation is 4. The highest BCUT2D eigenvalue weighted by Crippen LogP contribution is 2.45. The van der Waals surface area contributed by atoms with E-state index in [0.29, 0.717) is 11.8 Å². The van der Waals surface area contributed by atoms with Gasteiger partial charge in [0.15, 0.2) is 0 Å². The van der Waals surface area contributed by atoms with E-state index in [1.807, 2.05) is 34.1 Å². The van der Waals surface area contributed by atoms with Gasteiger partial charge in [0.2, 0.25) is 0 Å². The van der Waals surface area contributed by atoms with Crippen molar-refractivity contribution < 1.29 is 8.83 Å². The molecular weight excluding hydrogens is 336 g/mol. The fourth-order valence-electron chi connectivity index (χ4n) is 2.53.